The van der Waals surface area contributed by atoms with Gasteiger partial charge in [0.15, 0.2) is 0 Å². The molecule has 0 radical (unpaired) electrons. The van der Waals surface area contributed by atoms with Gasteiger partial charge >= 0.3 is 5.97 Å². The van der Waals surface area contributed by atoms with Crippen molar-refractivity contribution in [2.45, 2.75) is 39.3 Å². The third-order valence-corrected chi connectivity index (χ3v) is 2.59. The first-order valence-electron chi connectivity index (χ1n) is 6.41. The molecule has 0 saturated heterocycles. The van der Waals surface area contributed by atoms with E-state index in [1.54, 1.807) is 7.11 Å². The van der Waals surface area contributed by atoms with Crippen LogP contribution in [0.3, 0.4) is 0 Å². The molecular weight excluding hydrogens is 242 g/mol. The number of benzene rings is 1. The molecule has 0 heterocycles. The van der Waals surface area contributed by atoms with Gasteiger partial charge in [-0.05, 0) is 45.4 Å². The molecular formula is C15H23NO3. The molecule has 1 rings (SSSR count). The number of hydrogen-bond acceptors (Lipinski definition) is 4. The molecule has 106 valence electrons. The number of esters is 1. The van der Waals surface area contributed by atoms with Crippen LogP contribution >= 0.6 is 0 Å². The zero-order valence-electron chi connectivity index (χ0n) is 12.3. The Labute approximate surface area is 115 Å². The molecule has 1 aromatic rings. The zero-order valence-corrected chi connectivity index (χ0v) is 12.3. The summed E-state index contributed by atoms with van der Waals surface area (Å²) in [6, 6.07) is 7.84. The number of rotatable bonds is 5. The van der Waals surface area contributed by atoms with E-state index in [2.05, 4.69) is 5.32 Å². The predicted molar refractivity (Wildman–Crippen MR) is 75.3 cm³/mol. The minimum Gasteiger partial charge on any atom is -0.497 e. The highest BCUT2D eigenvalue weighted by atomic mass is 16.6. The summed E-state index contributed by atoms with van der Waals surface area (Å²) in [6.45, 7) is 7.78. The minimum atomic E-state index is -0.442. The average molecular weight is 265 g/mol. The van der Waals surface area contributed by atoms with Crippen molar-refractivity contribution in [3.63, 3.8) is 0 Å². The van der Waals surface area contributed by atoms with Crippen molar-refractivity contribution in [2.75, 3.05) is 13.7 Å². The SMILES string of the molecule is COc1ccc(C(C)NCC(=O)OC(C)(C)C)cc1. The molecule has 0 amide bonds. The standard InChI is InChI=1S/C15H23NO3/c1-11(12-6-8-13(18-5)9-7-12)16-10-14(17)19-15(2,3)4/h6-9,11,16H,10H2,1-5H3. The maximum atomic E-state index is 11.6. The van der Waals surface area contributed by atoms with E-state index in [0.717, 1.165) is 11.3 Å². The molecule has 0 fully saturated rings. The van der Waals surface area contributed by atoms with Gasteiger partial charge in [0.2, 0.25) is 0 Å². The van der Waals surface area contributed by atoms with Crippen LogP contribution in [0.2, 0.25) is 0 Å². The van der Waals surface area contributed by atoms with Crippen LogP contribution in [0.5, 0.6) is 5.75 Å². The van der Waals surface area contributed by atoms with Crippen LogP contribution in [0.15, 0.2) is 24.3 Å². The Morgan fingerprint density at radius 2 is 1.84 bits per heavy atom. The first-order valence-corrected chi connectivity index (χ1v) is 6.41. The van der Waals surface area contributed by atoms with Gasteiger partial charge in [-0.1, -0.05) is 12.1 Å². The normalized spacial score (nSPS) is 12.9. The Bertz CT molecular complexity index is 406. The highest BCUT2D eigenvalue weighted by Crippen LogP contribution is 2.17. The van der Waals surface area contributed by atoms with Crippen molar-refractivity contribution in [3.8, 4) is 5.75 Å². The lowest BCUT2D eigenvalue weighted by Crippen LogP contribution is -2.32. The fourth-order valence-electron chi connectivity index (χ4n) is 1.62. The summed E-state index contributed by atoms with van der Waals surface area (Å²) in [5, 5.41) is 3.14. The van der Waals surface area contributed by atoms with E-state index in [-0.39, 0.29) is 18.6 Å². The second kappa shape index (κ2) is 6.57. The van der Waals surface area contributed by atoms with E-state index in [1.807, 2.05) is 52.0 Å². The quantitative estimate of drug-likeness (QED) is 0.832. The predicted octanol–water partition coefficient (Wildman–Crippen LogP) is 2.69. The maximum absolute atomic E-state index is 11.6. The molecule has 4 nitrogen and oxygen atoms in total. The Hall–Kier alpha value is -1.55. The molecule has 1 unspecified atom stereocenters. The molecule has 0 aliphatic rings. The van der Waals surface area contributed by atoms with Gasteiger partial charge in [-0.3, -0.25) is 4.79 Å². The first-order chi connectivity index (χ1) is 8.81. The van der Waals surface area contributed by atoms with E-state index < -0.39 is 5.60 Å². The van der Waals surface area contributed by atoms with Gasteiger partial charge < -0.3 is 14.8 Å². The highest BCUT2D eigenvalue weighted by Gasteiger charge is 2.16. The summed E-state index contributed by atoms with van der Waals surface area (Å²) in [5.41, 5.74) is 0.659. The van der Waals surface area contributed by atoms with Gasteiger partial charge in [0, 0.05) is 6.04 Å². The Kier molecular flexibility index (Phi) is 5.36. The monoisotopic (exact) mass is 265 g/mol. The third kappa shape index (κ3) is 5.75. The lowest BCUT2D eigenvalue weighted by atomic mass is 10.1. The van der Waals surface area contributed by atoms with Crippen molar-refractivity contribution < 1.29 is 14.3 Å². The summed E-state index contributed by atoms with van der Waals surface area (Å²) in [7, 11) is 1.64. The Balaban J connectivity index is 2.46. The molecule has 0 bridgehead atoms. The van der Waals surface area contributed by atoms with Gasteiger partial charge in [0.05, 0.1) is 13.7 Å². The van der Waals surface area contributed by atoms with Crippen molar-refractivity contribution in [1.29, 1.82) is 0 Å². The Morgan fingerprint density at radius 3 is 2.32 bits per heavy atom. The van der Waals surface area contributed by atoms with E-state index in [9.17, 15) is 4.79 Å². The number of ether oxygens (including phenoxy) is 2. The Morgan fingerprint density at radius 1 is 1.26 bits per heavy atom. The summed E-state index contributed by atoms with van der Waals surface area (Å²) in [5.74, 6) is 0.580. The van der Waals surface area contributed by atoms with E-state index in [1.165, 1.54) is 0 Å². The number of methoxy groups -OCH3 is 1. The van der Waals surface area contributed by atoms with Gasteiger partial charge in [0.1, 0.15) is 11.4 Å². The van der Waals surface area contributed by atoms with Crippen LogP contribution in [0.4, 0.5) is 0 Å². The smallest absolute Gasteiger partial charge is 0.320 e. The second-order valence-electron chi connectivity index (χ2n) is 5.46. The molecule has 0 aromatic heterocycles. The summed E-state index contributed by atoms with van der Waals surface area (Å²) in [6.07, 6.45) is 0. The van der Waals surface area contributed by atoms with Crippen molar-refractivity contribution >= 4 is 5.97 Å². The lowest BCUT2D eigenvalue weighted by molar-refractivity contribution is -0.153. The molecule has 1 aromatic carbocycles. The molecule has 0 saturated carbocycles. The number of carbonyl (C=O) groups is 1. The number of hydrogen-bond donors (Lipinski definition) is 1. The summed E-state index contributed by atoms with van der Waals surface area (Å²) >= 11 is 0. The molecule has 0 aliphatic carbocycles. The molecule has 4 heteroatoms. The van der Waals surface area contributed by atoms with E-state index in [0.29, 0.717) is 0 Å². The minimum absolute atomic E-state index is 0.0819. The van der Waals surface area contributed by atoms with Crippen molar-refractivity contribution in [2.24, 2.45) is 0 Å². The third-order valence-electron chi connectivity index (χ3n) is 2.59. The van der Waals surface area contributed by atoms with Gasteiger partial charge in [0.25, 0.3) is 0 Å². The highest BCUT2D eigenvalue weighted by molar-refractivity contribution is 5.72. The second-order valence-corrected chi connectivity index (χ2v) is 5.46. The molecule has 0 spiro atoms. The fourth-order valence-corrected chi connectivity index (χ4v) is 1.62. The lowest BCUT2D eigenvalue weighted by Gasteiger charge is -2.21. The fraction of sp³-hybridized carbons (Fsp3) is 0.533. The molecule has 19 heavy (non-hydrogen) atoms. The average Bonchev–Trinajstić information content (AvgIpc) is 2.34. The number of nitrogens with one attached hydrogen (secondary N) is 1. The van der Waals surface area contributed by atoms with Crippen LogP contribution in [0.25, 0.3) is 0 Å². The van der Waals surface area contributed by atoms with Crippen molar-refractivity contribution in [3.05, 3.63) is 29.8 Å². The van der Waals surface area contributed by atoms with E-state index >= 15 is 0 Å². The van der Waals surface area contributed by atoms with E-state index in [4.69, 9.17) is 9.47 Å². The van der Waals surface area contributed by atoms with Crippen LogP contribution in [0.1, 0.15) is 39.3 Å². The van der Waals surface area contributed by atoms with Crippen LogP contribution in [0, 0.1) is 0 Å². The number of carbonyl (C=O) groups excluding carboxylic acids is 1. The molecule has 1 atom stereocenters. The van der Waals surface area contributed by atoms with Crippen LogP contribution < -0.4 is 10.1 Å². The van der Waals surface area contributed by atoms with Gasteiger partial charge in [-0.25, -0.2) is 0 Å². The molecule has 0 aliphatic heterocycles. The maximum Gasteiger partial charge on any atom is 0.320 e. The van der Waals surface area contributed by atoms with Crippen molar-refractivity contribution in [1.82, 2.24) is 5.32 Å². The summed E-state index contributed by atoms with van der Waals surface area (Å²) < 4.78 is 10.3. The first kappa shape index (κ1) is 15.5. The topological polar surface area (TPSA) is 47.6 Å². The van der Waals surface area contributed by atoms with Gasteiger partial charge in [-0.15, -0.1) is 0 Å². The molecule has 1 N–H and O–H groups in total. The zero-order chi connectivity index (χ0) is 14.5. The van der Waals surface area contributed by atoms with Crippen LogP contribution in [-0.2, 0) is 9.53 Å². The summed E-state index contributed by atoms with van der Waals surface area (Å²) in [4.78, 5) is 11.6. The van der Waals surface area contributed by atoms with Gasteiger partial charge in [-0.2, -0.15) is 0 Å². The van der Waals surface area contributed by atoms with Crippen LogP contribution in [-0.4, -0.2) is 25.2 Å². The largest absolute Gasteiger partial charge is 0.497 e.